The van der Waals surface area contributed by atoms with E-state index in [9.17, 15) is 33.9 Å². The largest absolute Gasteiger partial charge is 0.481 e. The van der Waals surface area contributed by atoms with Gasteiger partial charge in [-0.05, 0) is 30.8 Å². The molecule has 4 atom stereocenters. The van der Waals surface area contributed by atoms with E-state index in [1.54, 1.807) is 13.8 Å². The Morgan fingerprint density at radius 3 is 1.82 bits per heavy atom. The van der Waals surface area contributed by atoms with E-state index in [2.05, 4.69) is 16.0 Å². The highest BCUT2D eigenvalue weighted by molar-refractivity contribution is 7.98. The number of carboxylic acid groups (broad SMARTS) is 3. The van der Waals surface area contributed by atoms with Crippen LogP contribution in [0, 0.1) is 5.92 Å². The van der Waals surface area contributed by atoms with Crippen molar-refractivity contribution in [2.24, 2.45) is 11.7 Å². The zero-order valence-corrected chi connectivity index (χ0v) is 19.5. The molecule has 0 radical (unpaired) electrons. The van der Waals surface area contributed by atoms with Crippen molar-refractivity contribution >= 4 is 47.4 Å². The molecule has 3 amide bonds. The summed E-state index contributed by atoms with van der Waals surface area (Å²) in [4.78, 5) is 71.0. The van der Waals surface area contributed by atoms with Crippen LogP contribution < -0.4 is 21.7 Å². The van der Waals surface area contributed by atoms with E-state index in [1.807, 2.05) is 6.26 Å². The number of amides is 3. The van der Waals surface area contributed by atoms with Crippen molar-refractivity contribution in [1.82, 2.24) is 16.0 Å². The molecule has 0 rings (SSSR count). The number of rotatable bonds is 16. The van der Waals surface area contributed by atoms with Gasteiger partial charge in [-0.25, -0.2) is 4.79 Å². The van der Waals surface area contributed by atoms with Crippen molar-refractivity contribution in [1.29, 1.82) is 0 Å². The minimum Gasteiger partial charge on any atom is -0.481 e. The molecule has 14 heteroatoms. The second kappa shape index (κ2) is 15.1. The molecule has 0 bridgehead atoms. The van der Waals surface area contributed by atoms with Crippen LogP contribution in [0.4, 0.5) is 0 Å². The van der Waals surface area contributed by atoms with Gasteiger partial charge in [0, 0.05) is 6.42 Å². The van der Waals surface area contributed by atoms with E-state index in [0.29, 0.717) is 5.75 Å². The summed E-state index contributed by atoms with van der Waals surface area (Å²) in [5.74, 6) is -6.72. The van der Waals surface area contributed by atoms with Crippen molar-refractivity contribution in [3.8, 4) is 0 Å². The van der Waals surface area contributed by atoms with Crippen LogP contribution in [-0.4, -0.2) is 87.1 Å². The highest BCUT2D eigenvalue weighted by Crippen LogP contribution is 2.06. The first-order valence-electron chi connectivity index (χ1n) is 10.1. The fraction of sp³-hybridized carbons (Fsp3) is 0.684. The monoisotopic (exact) mass is 492 g/mol. The maximum Gasteiger partial charge on any atom is 0.326 e. The summed E-state index contributed by atoms with van der Waals surface area (Å²) >= 11 is 1.44. The Hall–Kier alpha value is -2.87. The van der Waals surface area contributed by atoms with Crippen molar-refractivity contribution in [2.45, 2.75) is 63.7 Å². The standard InChI is InChI=1S/C19H32N4O9S/c1-9(2)15(19(31)32)23-17(29)11(4-5-13(24)25)21-18(30)12(8-14(26)27)22-16(28)10(20)6-7-33-3/h9-12,15H,4-8,20H2,1-3H3,(H,21,30)(H,22,28)(H,23,29)(H,24,25)(H,26,27)(H,31,32). The molecule has 0 aromatic rings. The van der Waals surface area contributed by atoms with Crippen LogP contribution in [0.3, 0.4) is 0 Å². The minimum atomic E-state index is -1.59. The quantitative estimate of drug-likeness (QED) is 0.133. The predicted octanol–water partition coefficient (Wildman–Crippen LogP) is -1.40. The number of nitrogens with two attached hydrogens (primary N) is 1. The zero-order valence-electron chi connectivity index (χ0n) is 18.7. The fourth-order valence-electron chi connectivity index (χ4n) is 2.61. The Bertz CT molecular complexity index is 732. The molecule has 33 heavy (non-hydrogen) atoms. The second-order valence-electron chi connectivity index (χ2n) is 7.61. The number of carbonyl (C=O) groups excluding carboxylic acids is 3. The number of carbonyl (C=O) groups is 6. The van der Waals surface area contributed by atoms with Gasteiger partial charge < -0.3 is 37.0 Å². The maximum atomic E-state index is 12.7. The topological polar surface area (TPSA) is 225 Å². The van der Waals surface area contributed by atoms with Crippen LogP contribution in [0.25, 0.3) is 0 Å². The molecule has 0 fully saturated rings. The van der Waals surface area contributed by atoms with Gasteiger partial charge in [-0.3, -0.25) is 24.0 Å². The molecule has 0 aromatic heterocycles. The van der Waals surface area contributed by atoms with E-state index >= 15 is 0 Å². The Morgan fingerprint density at radius 1 is 0.818 bits per heavy atom. The lowest BCUT2D eigenvalue weighted by Crippen LogP contribution is -2.58. The van der Waals surface area contributed by atoms with Crippen LogP contribution in [0.1, 0.15) is 39.5 Å². The van der Waals surface area contributed by atoms with Crippen LogP contribution in [0.2, 0.25) is 0 Å². The van der Waals surface area contributed by atoms with Gasteiger partial charge in [-0.2, -0.15) is 11.8 Å². The van der Waals surface area contributed by atoms with Crippen molar-refractivity contribution in [2.75, 3.05) is 12.0 Å². The fourth-order valence-corrected chi connectivity index (χ4v) is 3.10. The molecule has 0 heterocycles. The number of nitrogens with one attached hydrogen (secondary N) is 3. The Kier molecular flexibility index (Phi) is 13.7. The van der Waals surface area contributed by atoms with E-state index in [-0.39, 0.29) is 6.42 Å². The number of aliphatic carboxylic acids is 3. The van der Waals surface area contributed by atoms with E-state index in [0.717, 1.165) is 0 Å². The molecule has 13 nitrogen and oxygen atoms in total. The number of carboxylic acids is 3. The van der Waals surface area contributed by atoms with E-state index < -0.39 is 85.0 Å². The second-order valence-corrected chi connectivity index (χ2v) is 8.59. The van der Waals surface area contributed by atoms with Crippen molar-refractivity contribution in [3.05, 3.63) is 0 Å². The zero-order chi connectivity index (χ0) is 25.7. The number of hydrogen-bond acceptors (Lipinski definition) is 8. The predicted molar refractivity (Wildman–Crippen MR) is 118 cm³/mol. The molecule has 0 aliphatic heterocycles. The van der Waals surface area contributed by atoms with Gasteiger partial charge >= 0.3 is 17.9 Å². The van der Waals surface area contributed by atoms with Gasteiger partial charge in [0.05, 0.1) is 12.5 Å². The van der Waals surface area contributed by atoms with Gasteiger partial charge in [-0.1, -0.05) is 13.8 Å². The molecule has 188 valence electrons. The Labute approximate surface area is 195 Å². The van der Waals surface area contributed by atoms with Crippen LogP contribution in [0.15, 0.2) is 0 Å². The van der Waals surface area contributed by atoms with Crippen molar-refractivity contribution < 1.29 is 44.1 Å². The first-order chi connectivity index (χ1) is 15.3. The van der Waals surface area contributed by atoms with Crippen LogP contribution in [0.5, 0.6) is 0 Å². The molecule has 8 N–H and O–H groups in total. The van der Waals surface area contributed by atoms with Crippen LogP contribution >= 0.6 is 11.8 Å². The summed E-state index contributed by atoms with van der Waals surface area (Å²) in [5, 5.41) is 34.0. The third kappa shape index (κ3) is 12.1. The SMILES string of the molecule is CSCCC(N)C(=O)NC(CC(=O)O)C(=O)NC(CCC(=O)O)C(=O)NC(C(=O)O)C(C)C. The van der Waals surface area contributed by atoms with E-state index in [4.69, 9.17) is 15.9 Å². The van der Waals surface area contributed by atoms with Gasteiger partial charge in [0.2, 0.25) is 17.7 Å². The third-order valence-electron chi connectivity index (χ3n) is 4.49. The van der Waals surface area contributed by atoms with Gasteiger partial charge in [0.15, 0.2) is 0 Å². The lowest BCUT2D eigenvalue weighted by molar-refractivity contribution is -0.144. The van der Waals surface area contributed by atoms with Gasteiger partial charge in [0.1, 0.15) is 18.1 Å². The van der Waals surface area contributed by atoms with Crippen LogP contribution in [-0.2, 0) is 28.8 Å². The van der Waals surface area contributed by atoms with Gasteiger partial charge in [0.25, 0.3) is 0 Å². The average Bonchev–Trinajstić information content (AvgIpc) is 2.71. The smallest absolute Gasteiger partial charge is 0.326 e. The molecular weight excluding hydrogens is 460 g/mol. The minimum absolute atomic E-state index is 0.282. The highest BCUT2D eigenvalue weighted by Gasteiger charge is 2.32. The van der Waals surface area contributed by atoms with E-state index in [1.165, 1.54) is 11.8 Å². The molecular formula is C19H32N4O9S. The first kappa shape index (κ1) is 30.1. The number of hydrogen-bond donors (Lipinski definition) is 7. The summed E-state index contributed by atoms with van der Waals surface area (Å²) in [5.41, 5.74) is 5.73. The van der Waals surface area contributed by atoms with Crippen molar-refractivity contribution in [3.63, 3.8) is 0 Å². The highest BCUT2D eigenvalue weighted by atomic mass is 32.2. The normalized spacial score (nSPS) is 14.5. The Balaban J connectivity index is 5.54. The summed E-state index contributed by atoms with van der Waals surface area (Å²) < 4.78 is 0. The molecule has 4 unspecified atom stereocenters. The summed E-state index contributed by atoms with van der Waals surface area (Å²) in [6.07, 6.45) is 0.348. The molecule has 0 aliphatic carbocycles. The molecule has 0 aromatic carbocycles. The van der Waals surface area contributed by atoms with Gasteiger partial charge in [-0.15, -0.1) is 0 Å². The summed E-state index contributed by atoms with van der Waals surface area (Å²) in [6.45, 7) is 3.09. The number of thioether (sulfide) groups is 1. The molecule has 0 saturated carbocycles. The molecule has 0 spiro atoms. The lowest BCUT2D eigenvalue weighted by Gasteiger charge is -2.25. The lowest BCUT2D eigenvalue weighted by atomic mass is 10.0. The summed E-state index contributed by atoms with van der Waals surface area (Å²) in [7, 11) is 0. The summed E-state index contributed by atoms with van der Waals surface area (Å²) in [6, 6.07) is -5.36. The third-order valence-corrected chi connectivity index (χ3v) is 5.14. The molecule has 0 saturated heterocycles. The Morgan fingerprint density at radius 2 is 1.36 bits per heavy atom. The molecule has 0 aliphatic rings. The maximum absolute atomic E-state index is 12.7. The first-order valence-corrected chi connectivity index (χ1v) is 11.5. The average molecular weight is 493 g/mol.